The van der Waals surface area contributed by atoms with E-state index in [1.807, 2.05) is 23.1 Å². The Kier molecular flexibility index (Phi) is 3.92. The van der Waals surface area contributed by atoms with Gasteiger partial charge >= 0.3 is 0 Å². The standard InChI is InChI=1S/C16H19N3OS/c1-2-9-19(12-5-3-4-6-12)15(20)11-7-8-13-14(10-11)21-16(17)18-13/h2,7-8,10,12H,1,3-6,9H2,(H2,17,18). The molecule has 5 heteroatoms. The summed E-state index contributed by atoms with van der Waals surface area (Å²) in [5.41, 5.74) is 7.28. The van der Waals surface area contributed by atoms with Crippen LogP contribution in [0.4, 0.5) is 5.13 Å². The smallest absolute Gasteiger partial charge is 0.254 e. The van der Waals surface area contributed by atoms with Crippen LogP contribution in [0.3, 0.4) is 0 Å². The maximum absolute atomic E-state index is 12.8. The molecular weight excluding hydrogens is 282 g/mol. The normalized spacial score (nSPS) is 15.4. The van der Waals surface area contributed by atoms with Crippen LogP contribution in [0.15, 0.2) is 30.9 Å². The molecule has 0 bridgehead atoms. The second-order valence-corrected chi connectivity index (χ2v) is 6.48. The van der Waals surface area contributed by atoms with Crippen molar-refractivity contribution in [2.75, 3.05) is 12.3 Å². The highest BCUT2D eigenvalue weighted by Gasteiger charge is 2.26. The van der Waals surface area contributed by atoms with Crippen molar-refractivity contribution >= 4 is 32.6 Å². The minimum absolute atomic E-state index is 0.0793. The number of amides is 1. The quantitative estimate of drug-likeness (QED) is 0.880. The van der Waals surface area contributed by atoms with Crippen molar-refractivity contribution in [2.24, 2.45) is 0 Å². The summed E-state index contributed by atoms with van der Waals surface area (Å²) in [6.45, 7) is 4.39. The third-order valence-electron chi connectivity index (χ3n) is 4.00. The van der Waals surface area contributed by atoms with E-state index in [0.717, 1.165) is 23.1 Å². The zero-order valence-electron chi connectivity index (χ0n) is 11.9. The first-order valence-corrected chi connectivity index (χ1v) is 8.08. The Bertz CT molecular complexity index is 673. The van der Waals surface area contributed by atoms with Gasteiger partial charge in [0.05, 0.1) is 10.2 Å². The molecule has 1 saturated carbocycles. The maximum Gasteiger partial charge on any atom is 0.254 e. The summed E-state index contributed by atoms with van der Waals surface area (Å²) in [6, 6.07) is 5.96. The summed E-state index contributed by atoms with van der Waals surface area (Å²) in [5.74, 6) is 0.0793. The fourth-order valence-electron chi connectivity index (χ4n) is 2.99. The van der Waals surface area contributed by atoms with E-state index in [1.54, 1.807) is 6.08 Å². The second kappa shape index (κ2) is 5.85. The molecule has 21 heavy (non-hydrogen) atoms. The molecule has 1 fully saturated rings. The molecule has 1 aromatic heterocycles. The minimum Gasteiger partial charge on any atom is -0.375 e. The SMILES string of the molecule is C=CCN(C(=O)c1ccc2nc(N)sc2c1)C1CCCC1. The number of nitrogens with two attached hydrogens (primary N) is 1. The lowest BCUT2D eigenvalue weighted by Gasteiger charge is -2.28. The van der Waals surface area contributed by atoms with E-state index in [2.05, 4.69) is 11.6 Å². The van der Waals surface area contributed by atoms with Gasteiger partial charge in [0, 0.05) is 18.2 Å². The molecular formula is C16H19N3OS. The van der Waals surface area contributed by atoms with Crippen LogP contribution in [0.1, 0.15) is 36.0 Å². The van der Waals surface area contributed by atoms with Gasteiger partial charge in [0.2, 0.25) is 0 Å². The number of benzene rings is 1. The van der Waals surface area contributed by atoms with Gasteiger partial charge in [-0.05, 0) is 31.0 Å². The number of carbonyl (C=O) groups is 1. The first-order valence-electron chi connectivity index (χ1n) is 7.27. The third-order valence-corrected chi connectivity index (χ3v) is 4.85. The summed E-state index contributed by atoms with van der Waals surface area (Å²) in [5, 5.41) is 0.535. The van der Waals surface area contributed by atoms with Crippen LogP contribution in [-0.2, 0) is 0 Å². The first kappa shape index (κ1) is 14.1. The second-order valence-electron chi connectivity index (χ2n) is 5.42. The molecule has 1 aliphatic carbocycles. The zero-order valence-corrected chi connectivity index (χ0v) is 12.7. The van der Waals surface area contributed by atoms with Gasteiger partial charge in [-0.2, -0.15) is 0 Å². The predicted molar refractivity (Wildman–Crippen MR) is 87.5 cm³/mol. The molecule has 110 valence electrons. The van der Waals surface area contributed by atoms with Crippen LogP contribution in [-0.4, -0.2) is 28.4 Å². The highest BCUT2D eigenvalue weighted by atomic mass is 32.1. The number of fused-ring (bicyclic) bond motifs is 1. The van der Waals surface area contributed by atoms with Crippen LogP contribution < -0.4 is 5.73 Å². The Labute approximate surface area is 128 Å². The lowest BCUT2D eigenvalue weighted by Crippen LogP contribution is -2.38. The van der Waals surface area contributed by atoms with Gasteiger partial charge in [-0.1, -0.05) is 30.3 Å². The van der Waals surface area contributed by atoms with Crippen LogP contribution in [0, 0.1) is 0 Å². The lowest BCUT2D eigenvalue weighted by molar-refractivity contribution is 0.0706. The zero-order chi connectivity index (χ0) is 14.8. The van der Waals surface area contributed by atoms with Crippen molar-refractivity contribution in [2.45, 2.75) is 31.7 Å². The van der Waals surface area contributed by atoms with E-state index in [0.29, 0.717) is 23.3 Å². The summed E-state index contributed by atoms with van der Waals surface area (Å²) in [6.07, 6.45) is 6.40. The Morgan fingerprint density at radius 2 is 2.24 bits per heavy atom. The Balaban J connectivity index is 1.90. The van der Waals surface area contributed by atoms with Crippen molar-refractivity contribution in [1.82, 2.24) is 9.88 Å². The van der Waals surface area contributed by atoms with Gasteiger partial charge in [0.25, 0.3) is 5.91 Å². The molecule has 0 saturated heterocycles. The van der Waals surface area contributed by atoms with E-state index < -0.39 is 0 Å². The number of hydrogen-bond acceptors (Lipinski definition) is 4. The summed E-state index contributed by atoms with van der Waals surface area (Å²) >= 11 is 1.42. The fourth-order valence-corrected chi connectivity index (χ4v) is 3.77. The molecule has 1 heterocycles. The van der Waals surface area contributed by atoms with Crippen LogP contribution in [0.25, 0.3) is 10.2 Å². The number of carbonyl (C=O) groups excluding carboxylic acids is 1. The monoisotopic (exact) mass is 301 g/mol. The highest BCUT2D eigenvalue weighted by Crippen LogP contribution is 2.28. The van der Waals surface area contributed by atoms with Gasteiger partial charge in [0.1, 0.15) is 0 Å². The number of hydrogen-bond donors (Lipinski definition) is 1. The van der Waals surface area contributed by atoms with Crippen LogP contribution in [0.5, 0.6) is 0 Å². The summed E-state index contributed by atoms with van der Waals surface area (Å²) in [7, 11) is 0. The van der Waals surface area contributed by atoms with Gasteiger partial charge in [0.15, 0.2) is 5.13 Å². The molecule has 2 N–H and O–H groups in total. The number of aromatic nitrogens is 1. The van der Waals surface area contributed by atoms with Gasteiger partial charge in [-0.3, -0.25) is 4.79 Å². The van der Waals surface area contributed by atoms with Crippen molar-refractivity contribution in [3.05, 3.63) is 36.4 Å². The van der Waals surface area contributed by atoms with Crippen molar-refractivity contribution in [1.29, 1.82) is 0 Å². The molecule has 2 aromatic rings. The average molecular weight is 301 g/mol. The topological polar surface area (TPSA) is 59.2 Å². The molecule has 1 amide bonds. The minimum atomic E-state index is 0.0793. The van der Waals surface area contributed by atoms with Gasteiger partial charge < -0.3 is 10.6 Å². The molecule has 0 unspecified atom stereocenters. The summed E-state index contributed by atoms with van der Waals surface area (Å²) in [4.78, 5) is 19.0. The molecule has 0 aliphatic heterocycles. The molecule has 0 atom stereocenters. The molecule has 0 spiro atoms. The molecule has 1 aliphatic rings. The Morgan fingerprint density at radius 1 is 1.48 bits per heavy atom. The van der Waals surface area contributed by atoms with Crippen LogP contribution >= 0.6 is 11.3 Å². The maximum atomic E-state index is 12.8. The largest absolute Gasteiger partial charge is 0.375 e. The van der Waals surface area contributed by atoms with E-state index in [1.165, 1.54) is 24.2 Å². The lowest BCUT2D eigenvalue weighted by atomic mass is 10.1. The van der Waals surface area contributed by atoms with E-state index in [9.17, 15) is 4.79 Å². The Morgan fingerprint density at radius 3 is 2.95 bits per heavy atom. The number of anilines is 1. The highest BCUT2D eigenvalue weighted by molar-refractivity contribution is 7.22. The number of thiazole rings is 1. The number of nitrogen functional groups attached to an aromatic ring is 1. The van der Waals surface area contributed by atoms with Crippen molar-refractivity contribution in [3.63, 3.8) is 0 Å². The first-order chi connectivity index (χ1) is 10.2. The number of nitrogens with zero attached hydrogens (tertiary/aromatic N) is 2. The van der Waals surface area contributed by atoms with Crippen LogP contribution in [0.2, 0.25) is 0 Å². The van der Waals surface area contributed by atoms with Gasteiger partial charge in [-0.25, -0.2) is 4.98 Å². The predicted octanol–water partition coefficient (Wildman–Crippen LogP) is 3.45. The average Bonchev–Trinajstić information content (AvgIpc) is 3.11. The molecule has 3 rings (SSSR count). The third kappa shape index (κ3) is 2.78. The Hall–Kier alpha value is -1.88. The van der Waals surface area contributed by atoms with Crippen molar-refractivity contribution in [3.8, 4) is 0 Å². The van der Waals surface area contributed by atoms with E-state index in [-0.39, 0.29) is 5.91 Å². The fraction of sp³-hybridized carbons (Fsp3) is 0.375. The number of rotatable bonds is 4. The summed E-state index contributed by atoms with van der Waals surface area (Å²) < 4.78 is 0.961. The van der Waals surface area contributed by atoms with Gasteiger partial charge in [-0.15, -0.1) is 6.58 Å². The molecule has 0 radical (unpaired) electrons. The van der Waals surface area contributed by atoms with E-state index >= 15 is 0 Å². The molecule has 4 nitrogen and oxygen atoms in total. The van der Waals surface area contributed by atoms with E-state index in [4.69, 9.17) is 5.73 Å². The van der Waals surface area contributed by atoms with Crippen molar-refractivity contribution < 1.29 is 4.79 Å². The molecule has 1 aromatic carbocycles.